The first-order valence-electron chi connectivity index (χ1n) is 5.89. The van der Waals surface area contributed by atoms with Gasteiger partial charge in [-0.15, -0.1) is 0 Å². The highest BCUT2D eigenvalue weighted by molar-refractivity contribution is 9.10. The fourth-order valence-electron chi connectivity index (χ4n) is 2.04. The molecule has 1 aliphatic rings. The molecule has 0 saturated carbocycles. The zero-order valence-electron chi connectivity index (χ0n) is 10.1. The number of hydrogen-bond donors (Lipinski definition) is 1. The van der Waals surface area contributed by atoms with Crippen molar-refractivity contribution in [3.8, 4) is 0 Å². The molecule has 100 valence electrons. The molecule has 0 aliphatic carbocycles. The molecule has 0 radical (unpaired) electrons. The number of halogens is 1. The molecular formula is C12H16BrNO3S. The van der Waals surface area contributed by atoms with Gasteiger partial charge in [0.2, 0.25) is 10.0 Å². The first-order valence-corrected chi connectivity index (χ1v) is 8.17. The van der Waals surface area contributed by atoms with Gasteiger partial charge in [0, 0.05) is 17.1 Å². The fraction of sp³-hybridized carbons (Fsp3) is 0.500. The quantitative estimate of drug-likeness (QED) is 0.919. The van der Waals surface area contributed by atoms with Crippen LogP contribution in [0.15, 0.2) is 33.6 Å². The minimum absolute atomic E-state index is 0.0257. The SMILES string of the molecule is CC(NS(=O)(=O)c1ccccc1Br)C1CCCO1. The topological polar surface area (TPSA) is 55.4 Å². The second-order valence-corrected chi connectivity index (χ2v) is 6.93. The highest BCUT2D eigenvalue weighted by atomic mass is 79.9. The van der Waals surface area contributed by atoms with E-state index in [-0.39, 0.29) is 17.0 Å². The van der Waals surface area contributed by atoms with E-state index in [2.05, 4.69) is 20.7 Å². The van der Waals surface area contributed by atoms with E-state index in [0.29, 0.717) is 11.1 Å². The average Bonchev–Trinajstić information content (AvgIpc) is 2.82. The molecular weight excluding hydrogens is 318 g/mol. The van der Waals surface area contributed by atoms with Crippen LogP contribution in [0.1, 0.15) is 19.8 Å². The molecule has 1 fully saturated rings. The Morgan fingerprint density at radius 1 is 1.44 bits per heavy atom. The van der Waals surface area contributed by atoms with Gasteiger partial charge in [-0.3, -0.25) is 0 Å². The maximum absolute atomic E-state index is 12.2. The number of hydrogen-bond acceptors (Lipinski definition) is 3. The minimum Gasteiger partial charge on any atom is -0.377 e. The van der Waals surface area contributed by atoms with Crippen LogP contribution in [0, 0.1) is 0 Å². The highest BCUT2D eigenvalue weighted by Crippen LogP contribution is 2.22. The third-order valence-electron chi connectivity index (χ3n) is 2.99. The van der Waals surface area contributed by atoms with E-state index in [4.69, 9.17) is 4.74 Å². The first-order chi connectivity index (χ1) is 8.50. The van der Waals surface area contributed by atoms with Gasteiger partial charge in [0.05, 0.1) is 11.0 Å². The third-order valence-corrected chi connectivity index (χ3v) is 5.56. The molecule has 1 saturated heterocycles. The van der Waals surface area contributed by atoms with Crippen LogP contribution in [0.3, 0.4) is 0 Å². The molecule has 0 spiro atoms. The van der Waals surface area contributed by atoms with Crippen molar-refractivity contribution in [1.29, 1.82) is 0 Å². The number of benzene rings is 1. The summed E-state index contributed by atoms with van der Waals surface area (Å²) in [6.07, 6.45) is 1.87. The zero-order chi connectivity index (χ0) is 13.2. The highest BCUT2D eigenvalue weighted by Gasteiger charge is 2.27. The summed E-state index contributed by atoms with van der Waals surface area (Å²) in [6.45, 7) is 2.55. The van der Waals surface area contributed by atoms with Crippen LogP contribution >= 0.6 is 15.9 Å². The lowest BCUT2D eigenvalue weighted by molar-refractivity contribution is 0.0902. The van der Waals surface area contributed by atoms with E-state index < -0.39 is 10.0 Å². The summed E-state index contributed by atoms with van der Waals surface area (Å²) < 4.78 is 33.2. The molecule has 1 heterocycles. The van der Waals surface area contributed by atoms with Crippen molar-refractivity contribution < 1.29 is 13.2 Å². The number of rotatable bonds is 4. The van der Waals surface area contributed by atoms with Crippen molar-refractivity contribution in [2.45, 2.75) is 36.8 Å². The van der Waals surface area contributed by atoms with Crippen molar-refractivity contribution in [3.05, 3.63) is 28.7 Å². The largest absolute Gasteiger partial charge is 0.377 e. The summed E-state index contributed by atoms with van der Waals surface area (Å²) in [5.74, 6) is 0. The number of ether oxygens (including phenoxy) is 1. The molecule has 2 unspecified atom stereocenters. The van der Waals surface area contributed by atoms with Crippen molar-refractivity contribution >= 4 is 26.0 Å². The summed E-state index contributed by atoms with van der Waals surface area (Å²) in [7, 11) is -3.50. The standard InChI is InChI=1S/C12H16BrNO3S/c1-9(11-6-4-8-17-11)14-18(15,16)12-7-3-2-5-10(12)13/h2-3,5,7,9,11,14H,4,6,8H2,1H3. The van der Waals surface area contributed by atoms with Gasteiger partial charge in [0.15, 0.2) is 0 Å². The molecule has 4 nitrogen and oxygen atoms in total. The van der Waals surface area contributed by atoms with E-state index in [0.717, 1.165) is 12.8 Å². The maximum Gasteiger partial charge on any atom is 0.242 e. The minimum atomic E-state index is -3.50. The number of sulfonamides is 1. The predicted octanol–water partition coefficient (Wildman–Crippen LogP) is 2.29. The van der Waals surface area contributed by atoms with E-state index in [1.165, 1.54) is 0 Å². The smallest absolute Gasteiger partial charge is 0.242 e. The second-order valence-electron chi connectivity index (χ2n) is 4.39. The van der Waals surface area contributed by atoms with Crippen molar-refractivity contribution in [3.63, 3.8) is 0 Å². The lowest BCUT2D eigenvalue weighted by Crippen LogP contribution is -2.40. The van der Waals surface area contributed by atoms with Crippen molar-refractivity contribution in [2.75, 3.05) is 6.61 Å². The summed E-state index contributed by atoms with van der Waals surface area (Å²) in [4.78, 5) is 0.259. The zero-order valence-corrected chi connectivity index (χ0v) is 12.5. The second kappa shape index (κ2) is 5.69. The molecule has 1 aliphatic heterocycles. The Kier molecular flexibility index (Phi) is 4.42. The normalized spacial score (nSPS) is 22.0. The molecule has 0 aromatic heterocycles. The Bertz CT molecular complexity index is 512. The molecule has 2 atom stereocenters. The first kappa shape index (κ1) is 14.0. The third kappa shape index (κ3) is 3.12. The monoisotopic (exact) mass is 333 g/mol. The molecule has 0 bridgehead atoms. The summed E-state index contributed by atoms with van der Waals surface area (Å²) in [6, 6.07) is 6.56. The average molecular weight is 334 g/mol. The number of nitrogens with one attached hydrogen (secondary N) is 1. The molecule has 0 amide bonds. The Labute approximate surface area is 116 Å². The van der Waals surface area contributed by atoms with Crippen LogP contribution in [-0.4, -0.2) is 27.2 Å². The summed E-state index contributed by atoms with van der Waals surface area (Å²) in [5.41, 5.74) is 0. The van der Waals surface area contributed by atoms with Crippen molar-refractivity contribution in [1.82, 2.24) is 4.72 Å². The Balaban J connectivity index is 2.14. The van der Waals surface area contributed by atoms with Gasteiger partial charge in [-0.2, -0.15) is 0 Å². The Morgan fingerprint density at radius 3 is 2.78 bits per heavy atom. The fourth-order valence-corrected chi connectivity index (χ4v) is 4.32. The van der Waals surface area contributed by atoms with Crippen LogP contribution in [0.25, 0.3) is 0 Å². The van der Waals surface area contributed by atoms with Gasteiger partial charge in [-0.05, 0) is 47.8 Å². The van der Waals surface area contributed by atoms with Crippen LogP contribution in [-0.2, 0) is 14.8 Å². The van der Waals surface area contributed by atoms with E-state index in [9.17, 15) is 8.42 Å². The molecule has 6 heteroatoms. The Hall–Kier alpha value is -0.430. The van der Waals surface area contributed by atoms with E-state index >= 15 is 0 Å². The lowest BCUT2D eigenvalue weighted by atomic mass is 10.1. The van der Waals surface area contributed by atoms with Gasteiger partial charge >= 0.3 is 0 Å². The lowest BCUT2D eigenvalue weighted by Gasteiger charge is -2.20. The van der Waals surface area contributed by atoms with Crippen LogP contribution in [0.2, 0.25) is 0 Å². The molecule has 1 N–H and O–H groups in total. The van der Waals surface area contributed by atoms with Gasteiger partial charge in [0.25, 0.3) is 0 Å². The van der Waals surface area contributed by atoms with E-state index in [1.807, 2.05) is 6.92 Å². The molecule has 1 aromatic rings. The van der Waals surface area contributed by atoms with Gasteiger partial charge < -0.3 is 4.74 Å². The molecule has 2 rings (SSSR count). The predicted molar refractivity (Wildman–Crippen MR) is 72.9 cm³/mol. The van der Waals surface area contributed by atoms with Crippen molar-refractivity contribution in [2.24, 2.45) is 0 Å². The van der Waals surface area contributed by atoms with E-state index in [1.54, 1.807) is 24.3 Å². The summed E-state index contributed by atoms with van der Waals surface area (Å²) in [5, 5.41) is 0. The van der Waals surface area contributed by atoms with Gasteiger partial charge in [-0.25, -0.2) is 13.1 Å². The van der Waals surface area contributed by atoms with Crippen LogP contribution in [0.4, 0.5) is 0 Å². The maximum atomic E-state index is 12.2. The Morgan fingerprint density at radius 2 is 2.17 bits per heavy atom. The summed E-state index contributed by atoms with van der Waals surface area (Å²) >= 11 is 3.26. The van der Waals surface area contributed by atoms with Crippen LogP contribution in [0.5, 0.6) is 0 Å². The molecule has 1 aromatic carbocycles. The van der Waals surface area contributed by atoms with Crippen LogP contribution < -0.4 is 4.72 Å². The van der Waals surface area contributed by atoms with Gasteiger partial charge in [-0.1, -0.05) is 12.1 Å². The van der Waals surface area contributed by atoms with Gasteiger partial charge in [0.1, 0.15) is 0 Å². The molecule has 18 heavy (non-hydrogen) atoms.